The molecule has 0 unspecified atom stereocenters. The first kappa shape index (κ1) is 24.5. The molecule has 0 bridgehead atoms. The summed E-state index contributed by atoms with van der Waals surface area (Å²) < 4.78 is 73.0. The van der Waals surface area contributed by atoms with E-state index in [0.29, 0.717) is 12.6 Å². The number of rotatable bonds is 5. The van der Waals surface area contributed by atoms with Crippen LogP contribution in [-0.2, 0) is 6.18 Å². The molecule has 2 aromatic heterocycles. The third-order valence-electron chi connectivity index (χ3n) is 5.96. The van der Waals surface area contributed by atoms with Gasteiger partial charge < -0.3 is 9.64 Å². The second-order valence-electron chi connectivity index (χ2n) is 8.24. The lowest BCUT2D eigenvalue weighted by Crippen LogP contribution is -2.51. The number of hydrogen-bond donors (Lipinski definition) is 0. The van der Waals surface area contributed by atoms with Crippen LogP contribution in [0.5, 0.6) is 5.88 Å². The molecule has 0 saturated carbocycles. The topological polar surface area (TPSA) is 68.2 Å². The van der Waals surface area contributed by atoms with Gasteiger partial charge in [0.05, 0.1) is 17.2 Å². The van der Waals surface area contributed by atoms with E-state index in [9.17, 15) is 26.7 Å². The Bertz CT molecular complexity index is 1190. The Hall–Kier alpha value is -3.63. The number of ether oxygens (including phenoxy) is 1. The van der Waals surface area contributed by atoms with Gasteiger partial charge in [-0.2, -0.15) is 13.2 Å². The number of nitrogens with zero attached hydrogens (tertiary/aromatic N) is 4. The van der Waals surface area contributed by atoms with Crippen molar-refractivity contribution in [3.63, 3.8) is 0 Å². The first-order chi connectivity index (χ1) is 16.7. The SMILES string of the molecule is C[C@@H]1CCCN(C(=O)c2c(-c3ncccn3)ccc(F)c2F)[C@@H]1COc1ccc(C(F)(F)F)cn1. The summed E-state index contributed by atoms with van der Waals surface area (Å²) in [4.78, 5) is 26.8. The number of carbonyl (C=O) groups is 1. The molecule has 1 amide bonds. The molecule has 4 rings (SSSR count). The van der Waals surface area contributed by atoms with E-state index in [1.54, 1.807) is 6.07 Å². The Labute approximate surface area is 197 Å². The van der Waals surface area contributed by atoms with Crippen molar-refractivity contribution in [2.24, 2.45) is 5.92 Å². The van der Waals surface area contributed by atoms with Gasteiger partial charge in [0.15, 0.2) is 17.5 Å². The molecule has 3 heterocycles. The highest BCUT2D eigenvalue weighted by Gasteiger charge is 2.36. The lowest BCUT2D eigenvalue weighted by molar-refractivity contribution is -0.137. The summed E-state index contributed by atoms with van der Waals surface area (Å²) >= 11 is 0. The molecule has 3 aromatic rings. The van der Waals surface area contributed by atoms with Gasteiger partial charge >= 0.3 is 6.18 Å². The zero-order chi connectivity index (χ0) is 25.2. The highest BCUT2D eigenvalue weighted by molar-refractivity contribution is 6.00. The molecule has 184 valence electrons. The van der Waals surface area contributed by atoms with E-state index in [4.69, 9.17) is 4.74 Å². The number of amides is 1. The monoisotopic (exact) mass is 492 g/mol. The number of likely N-dealkylation sites (tertiary alicyclic amines) is 1. The molecule has 6 nitrogen and oxygen atoms in total. The molecule has 1 aliphatic rings. The Balaban J connectivity index is 1.61. The summed E-state index contributed by atoms with van der Waals surface area (Å²) in [6.45, 7) is 2.07. The van der Waals surface area contributed by atoms with Crippen molar-refractivity contribution in [2.75, 3.05) is 13.2 Å². The number of halogens is 5. The minimum Gasteiger partial charge on any atom is -0.475 e. The lowest BCUT2D eigenvalue weighted by Gasteiger charge is -2.40. The van der Waals surface area contributed by atoms with Crippen LogP contribution in [-0.4, -0.2) is 45.0 Å². The summed E-state index contributed by atoms with van der Waals surface area (Å²) in [5.41, 5.74) is -1.34. The highest BCUT2D eigenvalue weighted by atomic mass is 19.4. The van der Waals surface area contributed by atoms with Crippen LogP contribution in [0.2, 0.25) is 0 Å². The normalized spacial score (nSPS) is 18.4. The van der Waals surface area contributed by atoms with Crippen LogP contribution < -0.4 is 4.74 Å². The van der Waals surface area contributed by atoms with Gasteiger partial charge in [0.25, 0.3) is 5.91 Å². The number of benzene rings is 1. The maximum Gasteiger partial charge on any atom is 0.417 e. The van der Waals surface area contributed by atoms with Crippen molar-refractivity contribution in [1.82, 2.24) is 19.9 Å². The fraction of sp³-hybridized carbons (Fsp3) is 0.333. The van der Waals surface area contributed by atoms with Crippen molar-refractivity contribution in [3.05, 3.63) is 71.7 Å². The van der Waals surface area contributed by atoms with E-state index in [1.165, 1.54) is 23.4 Å². The molecule has 1 saturated heterocycles. The zero-order valence-electron chi connectivity index (χ0n) is 18.6. The molecule has 0 N–H and O–H groups in total. The van der Waals surface area contributed by atoms with Gasteiger partial charge in [-0.05, 0) is 43.0 Å². The van der Waals surface area contributed by atoms with E-state index >= 15 is 0 Å². The number of carbonyl (C=O) groups excluding carboxylic acids is 1. The third-order valence-corrected chi connectivity index (χ3v) is 5.96. The average molecular weight is 492 g/mol. The van der Waals surface area contributed by atoms with Crippen LogP contribution in [0.25, 0.3) is 11.4 Å². The van der Waals surface area contributed by atoms with Gasteiger partial charge in [-0.25, -0.2) is 23.7 Å². The second kappa shape index (κ2) is 9.93. The molecule has 11 heteroatoms. The number of aromatic nitrogens is 3. The zero-order valence-corrected chi connectivity index (χ0v) is 18.6. The number of pyridine rings is 1. The van der Waals surface area contributed by atoms with E-state index in [-0.39, 0.29) is 36.3 Å². The van der Waals surface area contributed by atoms with E-state index in [0.717, 1.165) is 24.6 Å². The minimum absolute atomic E-state index is 0.0431. The van der Waals surface area contributed by atoms with Crippen molar-refractivity contribution in [2.45, 2.75) is 32.0 Å². The average Bonchev–Trinajstić information content (AvgIpc) is 2.84. The maximum absolute atomic E-state index is 15.0. The Morgan fingerprint density at radius 3 is 2.51 bits per heavy atom. The number of piperidine rings is 1. The van der Waals surface area contributed by atoms with Crippen LogP contribution in [0, 0.1) is 17.6 Å². The molecule has 1 aliphatic heterocycles. The Kier molecular flexibility index (Phi) is 6.95. The van der Waals surface area contributed by atoms with E-state index in [1.807, 2.05) is 6.92 Å². The molecule has 1 aromatic carbocycles. The van der Waals surface area contributed by atoms with Crippen LogP contribution in [0.4, 0.5) is 22.0 Å². The molecular weight excluding hydrogens is 471 g/mol. The summed E-state index contributed by atoms with van der Waals surface area (Å²) in [6.07, 6.45) is 0.371. The fourth-order valence-corrected chi connectivity index (χ4v) is 4.09. The number of alkyl halides is 3. The summed E-state index contributed by atoms with van der Waals surface area (Å²) in [6, 6.07) is 5.12. The molecule has 1 fully saturated rings. The Morgan fingerprint density at radius 2 is 1.86 bits per heavy atom. The first-order valence-corrected chi connectivity index (χ1v) is 10.9. The van der Waals surface area contributed by atoms with Crippen molar-refractivity contribution < 1.29 is 31.5 Å². The predicted molar refractivity (Wildman–Crippen MR) is 115 cm³/mol. The summed E-state index contributed by atoms with van der Waals surface area (Å²) in [5.74, 6) is -3.28. The first-order valence-electron chi connectivity index (χ1n) is 10.9. The van der Waals surface area contributed by atoms with E-state index in [2.05, 4.69) is 15.0 Å². The van der Waals surface area contributed by atoms with Crippen molar-refractivity contribution in [3.8, 4) is 17.3 Å². The fourth-order valence-electron chi connectivity index (χ4n) is 4.09. The van der Waals surface area contributed by atoms with E-state index < -0.39 is 40.9 Å². The molecule has 0 aliphatic carbocycles. The van der Waals surface area contributed by atoms with Gasteiger partial charge in [0.2, 0.25) is 5.88 Å². The molecule has 2 atom stereocenters. The minimum atomic E-state index is -4.53. The summed E-state index contributed by atoms with van der Waals surface area (Å²) in [7, 11) is 0. The Morgan fingerprint density at radius 1 is 1.11 bits per heavy atom. The second-order valence-corrected chi connectivity index (χ2v) is 8.24. The predicted octanol–water partition coefficient (Wildman–Crippen LogP) is 5.16. The standard InChI is InChI=1S/C24H21F5N4O2/c1-14-4-2-11-33(18(14)13-35-19-8-5-15(12-32-19)24(27,28)29)23(34)20-16(6-7-17(25)21(20)26)22-30-9-3-10-31-22/h3,5-10,12,14,18H,2,4,11,13H2,1H3/t14-,18-/m1/s1. The van der Waals surface area contributed by atoms with Crippen molar-refractivity contribution in [1.29, 1.82) is 0 Å². The van der Waals surface area contributed by atoms with Gasteiger partial charge in [-0.3, -0.25) is 4.79 Å². The van der Waals surface area contributed by atoms with Crippen LogP contribution >= 0.6 is 0 Å². The van der Waals surface area contributed by atoms with Crippen molar-refractivity contribution >= 4 is 5.91 Å². The quantitative estimate of drug-likeness (QED) is 0.461. The summed E-state index contributed by atoms with van der Waals surface area (Å²) in [5, 5.41) is 0. The molecular formula is C24H21F5N4O2. The lowest BCUT2D eigenvalue weighted by atomic mass is 9.90. The molecule has 0 radical (unpaired) electrons. The molecule has 35 heavy (non-hydrogen) atoms. The maximum atomic E-state index is 15.0. The van der Waals surface area contributed by atoms with Gasteiger partial charge in [0, 0.05) is 36.8 Å². The van der Waals surface area contributed by atoms with Crippen LogP contribution in [0.15, 0.2) is 48.9 Å². The largest absolute Gasteiger partial charge is 0.475 e. The van der Waals surface area contributed by atoms with Crippen LogP contribution in [0.3, 0.4) is 0 Å². The number of hydrogen-bond acceptors (Lipinski definition) is 5. The van der Waals surface area contributed by atoms with Crippen LogP contribution in [0.1, 0.15) is 35.7 Å². The van der Waals surface area contributed by atoms with Gasteiger partial charge in [-0.15, -0.1) is 0 Å². The van der Waals surface area contributed by atoms with Gasteiger partial charge in [0.1, 0.15) is 6.61 Å². The third kappa shape index (κ3) is 5.23. The highest BCUT2D eigenvalue weighted by Crippen LogP contribution is 2.32. The molecule has 0 spiro atoms. The smallest absolute Gasteiger partial charge is 0.417 e. The van der Waals surface area contributed by atoms with Gasteiger partial charge in [-0.1, -0.05) is 6.92 Å².